The fourth-order valence-electron chi connectivity index (χ4n) is 1.51. The molecule has 0 N–H and O–H groups in total. The van der Waals surface area contributed by atoms with Crippen molar-refractivity contribution >= 4 is 5.78 Å². The zero-order valence-electron chi connectivity index (χ0n) is 9.45. The Kier molecular flexibility index (Phi) is 4.40. The average Bonchev–Trinajstić information content (AvgIpc) is 2.17. The van der Waals surface area contributed by atoms with Gasteiger partial charge in [0.1, 0.15) is 11.6 Å². The summed E-state index contributed by atoms with van der Waals surface area (Å²) in [4.78, 5) is 11.1. The first kappa shape index (κ1) is 16.4. The van der Waals surface area contributed by atoms with E-state index in [-0.39, 0.29) is 6.07 Å². The van der Waals surface area contributed by atoms with Crippen LogP contribution < -0.4 is 0 Å². The smallest absolute Gasteiger partial charge is 0.298 e. The van der Waals surface area contributed by atoms with Crippen LogP contribution >= 0.6 is 0 Å². The van der Waals surface area contributed by atoms with E-state index in [0.29, 0.717) is 12.1 Å². The lowest BCUT2D eigenvalue weighted by molar-refractivity contribution is -0.273. The number of halogens is 8. The van der Waals surface area contributed by atoms with Gasteiger partial charge in [-0.2, -0.15) is 26.3 Å². The van der Waals surface area contributed by atoms with E-state index < -0.39 is 47.7 Å². The predicted octanol–water partition coefficient (Wildman–Crippen LogP) is 3.82. The molecule has 0 heterocycles. The normalized spacial score (nSPS) is 12.8. The van der Waals surface area contributed by atoms with Gasteiger partial charge in [-0.3, -0.25) is 4.79 Å². The standard InChI is InChI=1S/C11H6F8O/c12-6-2-1-5(7(13)4-6)3-8(20)9(10(14,15)16)11(17,18)19/h1-2,4,9H,3H2. The Morgan fingerprint density at radius 1 is 1.00 bits per heavy atom. The van der Waals surface area contributed by atoms with Crippen LogP contribution in [0.2, 0.25) is 0 Å². The van der Waals surface area contributed by atoms with Crippen LogP contribution in [0.4, 0.5) is 35.1 Å². The molecule has 0 aliphatic rings. The van der Waals surface area contributed by atoms with E-state index in [1.54, 1.807) is 0 Å². The van der Waals surface area contributed by atoms with E-state index in [1.165, 1.54) is 0 Å². The largest absolute Gasteiger partial charge is 0.407 e. The van der Waals surface area contributed by atoms with Gasteiger partial charge < -0.3 is 0 Å². The molecule has 1 aromatic rings. The van der Waals surface area contributed by atoms with Crippen molar-refractivity contribution in [2.75, 3.05) is 0 Å². The highest BCUT2D eigenvalue weighted by molar-refractivity contribution is 5.84. The lowest BCUT2D eigenvalue weighted by Crippen LogP contribution is -2.43. The Bertz CT molecular complexity index is 488. The molecular formula is C11H6F8O. The predicted molar refractivity (Wildman–Crippen MR) is 50.7 cm³/mol. The van der Waals surface area contributed by atoms with Crippen LogP contribution in [0.3, 0.4) is 0 Å². The van der Waals surface area contributed by atoms with Crippen molar-refractivity contribution in [2.45, 2.75) is 18.8 Å². The first-order chi connectivity index (χ1) is 8.93. The number of hydrogen-bond acceptors (Lipinski definition) is 1. The van der Waals surface area contributed by atoms with Crippen LogP contribution in [0.15, 0.2) is 18.2 Å². The third-order valence-electron chi connectivity index (χ3n) is 2.36. The topological polar surface area (TPSA) is 17.1 Å². The number of carbonyl (C=O) groups excluding carboxylic acids is 1. The second kappa shape index (κ2) is 5.37. The van der Waals surface area contributed by atoms with E-state index in [1.807, 2.05) is 0 Å². The molecular weight excluding hydrogens is 300 g/mol. The van der Waals surface area contributed by atoms with Gasteiger partial charge in [0.25, 0.3) is 0 Å². The van der Waals surface area contributed by atoms with Crippen LogP contribution in [0.25, 0.3) is 0 Å². The third kappa shape index (κ3) is 3.91. The summed E-state index contributed by atoms with van der Waals surface area (Å²) in [6.45, 7) is 0. The summed E-state index contributed by atoms with van der Waals surface area (Å²) >= 11 is 0. The number of hydrogen-bond donors (Lipinski definition) is 0. The number of ketones is 1. The Morgan fingerprint density at radius 3 is 1.90 bits per heavy atom. The van der Waals surface area contributed by atoms with Crippen LogP contribution in [-0.2, 0) is 11.2 Å². The summed E-state index contributed by atoms with van der Waals surface area (Å²) in [7, 11) is 0. The van der Waals surface area contributed by atoms with Crippen LogP contribution in [-0.4, -0.2) is 18.1 Å². The lowest BCUT2D eigenvalue weighted by atomic mass is 9.96. The molecule has 0 saturated carbocycles. The number of alkyl halides is 6. The van der Waals surface area contributed by atoms with Crippen molar-refractivity contribution in [1.29, 1.82) is 0 Å². The molecule has 0 spiro atoms. The molecule has 0 radical (unpaired) electrons. The maximum Gasteiger partial charge on any atom is 0.407 e. The molecule has 9 heteroatoms. The SMILES string of the molecule is O=C(Cc1ccc(F)cc1F)C(C(F)(F)F)C(F)(F)F. The van der Waals surface area contributed by atoms with E-state index in [4.69, 9.17) is 0 Å². The maximum atomic E-state index is 13.1. The second-order valence-corrected chi connectivity index (χ2v) is 3.90. The van der Waals surface area contributed by atoms with E-state index in [2.05, 4.69) is 0 Å². The Balaban J connectivity index is 3.04. The van der Waals surface area contributed by atoms with Crippen LogP contribution in [0.5, 0.6) is 0 Å². The van der Waals surface area contributed by atoms with E-state index in [0.717, 1.165) is 0 Å². The van der Waals surface area contributed by atoms with Gasteiger partial charge in [0.15, 0.2) is 5.78 Å². The lowest BCUT2D eigenvalue weighted by Gasteiger charge is -2.21. The van der Waals surface area contributed by atoms with Crippen LogP contribution in [0.1, 0.15) is 5.56 Å². The fourth-order valence-corrected chi connectivity index (χ4v) is 1.51. The summed E-state index contributed by atoms with van der Waals surface area (Å²) in [5.74, 6) is -8.90. The number of carbonyl (C=O) groups is 1. The van der Waals surface area contributed by atoms with Gasteiger partial charge in [-0.1, -0.05) is 6.07 Å². The average molecular weight is 306 g/mol. The summed E-state index contributed by atoms with van der Waals surface area (Å²) in [5, 5.41) is 0. The molecule has 1 aromatic carbocycles. The first-order valence-electron chi connectivity index (χ1n) is 5.03. The first-order valence-corrected chi connectivity index (χ1v) is 5.03. The maximum absolute atomic E-state index is 13.1. The number of benzene rings is 1. The highest BCUT2D eigenvalue weighted by atomic mass is 19.4. The fraction of sp³-hybridized carbons (Fsp3) is 0.364. The van der Waals surface area contributed by atoms with Crippen molar-refractivity contribution in [3.05, 3.63) is 35.4 Å². The molecule has 0 aliphatic heterocycles. The van der Waals surface area contributed by atoms with Gasteiger partial charge >= 0.3 is 12.4 Å². The summed E-state index contributed by atoms with van der Waals surface area (Å²) in [5.41, 5.74) is -0.741. The molecule has 0 aliphatic carbocycles. The van der Waals surface area contributed by atoms with Crippen molar-refractivity contribution in [2.24, 2.45) is 5.92 Å². The molecule has 0 unspecified atom stereocenters. The molecule has 0 bridgehead atoms. The zero-order chi connectivity index (χ0) is 15.7. The Hall–Kier alpha value is -1.67. The zero-order valence-corrected chi connectivity index (χ0v) is 9.45. The third-order valence-corrected chi connectivity index (χ3v) is 2.36. The quantitative estimate of drug-likeness (QED) is 0.776. The second-order valence-electron chi connectivity index (χ2n) is 3.90. The van der Waals surface area contributed by atoms with Gasteiger partial charge in [-0.25, -0.2) is 8.78 Å². The van der Waals surface area contributed by atoms with Gasteiger partial charge in [-0.05, 0) is 11.6 Å². The van der Waals surface area contributed by atoms with Gasteiger partial charge in [0, 0.05) is 12.5 Å². The summed E-state index contributed by atoms with van der Waals surface area (Å²) < 4.78 is 99.1. The number of Topliss-reactive ketones (excluding diaryl/α,β-unsaturated/α-hetero) is 1. The minimum atomic E-state index is -5.83. The van der Waals surface area contributed by atoms with E-state index >= 15 is 0 Å². The molecule has 112 valence electrons. The minimum Gasteiger partial charge on any atom is -0.298 e. The van der Waals surface area contributed by atoms with Gasteiger partial charge in [-0.15, -0.1) is 0 Å². The van der Waals surface area contributed by atoms with Crippen LogP contribution in [0, 0.1) is 17.6 Å². The van der Waals surface area contributed by atoms with Gasteiger partial charge in [0.05, 0.1) is 0 Å². The summed E-state index contributed by atoms with van der Waals surface area (Å²) in [6, 6.07) is 1.51. The molecule has 0 aromatic heterocycles. The highest BCUT2D eigenvalue weighted by Gasteiger charge is 2.60. The molecule has 1 rings (SSSR count). The minimum absolute atomic E-state index is 0.263. The van der Waals surface area contributed by atoms with Gasteiger partial charge in [0.2, 0.25) is 5.92 Å². The molecule has 0 saturated heterocycles. The van der Waals surface area contributed by atoms with E-state index in [9.17, 15) is 39.9 Å². The monoisotopic (exact) mass is 306 g/mol. The van der Waals surface area contributed by atoms with Crippen molar-refractivity contribution < 1.29 is 39.9 Å². The Labute approximate surface area is 107 Å². The van der Waals surface area contributed by atoms with Crippen molar-refractivity contribution in [3.8, 4) is 0 Å². The van der Waals surface area contributed by atoms with Crippen molar-refractivity contribution in [3.63, 3.8) is 0 Å². The molecule has 0 fully saturated rings. The molecule has 0 atom stereocenters. The highest BCUT2D eigenvalue weighted by Crippen LogP contribution is 2.40. The van der Waals surface area contributed by atoms with Crippen molar-refractivity contribution in [1.82, 2.24) is 0 Å². The molecule has 0 amide bonds. The number of rotatable bonds is 3. The Morgan fingerprint density at radius 2 is 1.50 bits per heavy atom. The summed E-state index contributed by atoms with van der Waals surface area (Å²) in [6.07, 6.45) is -13.1. The molecule has 20 heavy (non-hydrogen) atoms. The molecule has 1 nitrogen and oxygen atoms in total.